The van der Waals surface area contributed by atoms with Crippen molar-refractivity contribution >= 4 is 82.5 Å². The van der Waals surface area contributed by atoms with Gasteiger partial charge in [0.05, 0.1) is 88.8 Å². The van der Waals surface area contributed by atoms with E-state index in [1.165, 1.54) is 18.1 Å². The van der Waals surface area contributed by atoms with Crippen LogP contribution in [0.15, 0.2) is 78.9 Å². The number of rotatable bonds is 40. The lowest BCUT2D eigenvalue weighted by atomic mass is 9.88. The molecule has 0 aliphatic carbocycles. The monoisotopic (exact) mass is 1470 g/mol. The first-order chi connectivity index (χ1) is 49.5. The fraction of sp³-hybridized carbons (Fsp3) is 0.579. The van der Waals surface area contributed by atoms with Crippen LogP contribution in [0, 0.1) is 29.1 Å². The SMILES string of the molecule is COCCOCCOCCOCCC(=O)N(CCC(=O)C[C@H](C(=O)N[C@@H](C)C(=O)Cc1ccc(COC(=O)CCc2ccc([C@H]3O[C@@H]3[C@@H](C)[C@@H]3C/C=C/C(=O)N[C@H](Cc4ccc(OC)c(Cl)c4)C(=O)NCC(C)(C)C(=O)O[C@@H](CC(C)C)C(=O)O3)cc2)cc1)C(C)C)CCC(=O)ON1C(=O)CCC1=O. The van der Waals surface area contributed by atoms with E-state index in [1.807, 2.05) is 45.0 Å². The molecule has 0 aromatic heterocycles. The largest absolute Gasteiger partial charge is 0.495 e. The van der Waals surface area contributed by atoms with Crippen LogP contribution in [-0.2, 0) is 126 Å². The number of cyclic esters (lactones) is 2. The summed E-state index contributed by atoms with van der Waals surface area (Å²) in [5.74, 6) is -7.98. The zero-order chi connectivity index (χ0) is 76.0. The number of imide groups is 1. The third-order valence-corrected chi connectivity index (χ3v) is 18.2. The quantitative estimate of drug-likeness (QED) is 0.0170. The molecule has 3 aliphatic heterocycles. The van der Waals surface area contributed by atoms with Crippen LogP contribution in [0.1, 0.15) is 147 Å². The van der Waals surface area contributed by atoms with Crippen LogP contribution in [-0.4, -0.2) is 191 Å². The minimum absolute atomic E-state index is 0.0125. The maximum atomic E-state index is 14.0. The molecule has 3 aromatic carbocycles. The number of benzene rings is 3. The third kappa shape index (κ3) is 28.2. The number of carbonyl (C=O) groups is 12. The Morgan fingerprint density at radius 2 is 1.36 bits per heavy atom. The van der Waals surface area contributed by atoms with Crippen LogP contribution in [0.4, 0.5) is 0 Å². The Labute approximate surface area is 613 Å². The molecule has 0 radical (unpaired) electrons. The van der Waals surface area contributed by atoms with Crippen molar-refractivity contribution in [3.63, 3.8) is 0 Å². The number of amides is 6. The molecule has 2 saturated heterocycles. The van der Waals surface area contributed by atoms with E-state index in [4.69, 9.17) is 59.1 Å². The van der Waals surface area contributed by atoms with Gasteiger partial charge in [0.1, 0.15) is 36.4 Å². The highest BCUT2D eigenvalue weighted by Crippen LogP contribution is 2.45. The van der Waals surface area contributed by atoms with Gasteiger partial charge in [-0.3, -0.25) is 47.9 Å². The molecule has 0 bridgehead atoms. The first-order valence-corrected chi connectivity index (χ1v) is 35.8. The summed E-state index contributed by atoms with van der Waals surface area (Å²) in [5, 5.41) is 9.05. The first-order valence-electron chi connectivity index (χ1n) is 35.4. The molecule has 0 spiro atoms. The van der Waals surface area contributed by atoms with Crippen LogP contribution in [0.3, 0.4) is 0 Å². The maximum absolute atomic E-state index is 14.0. The lowest BCUT2D eigenvalue weighted by Gasteiger charge is -2.29. The predicted molar refractivity (Wildman–Crippen MR) is 377 cm³/mol. The third-order valence-electron chi connectivity index (χ3n) is 17.9. The average Bonchev–Trinajstić information content (AvgIpc) is 1.63. The van der Waals surface area contributed by atoms with E-state index < -0.39 is 107 Å². The lowest BCUT2D eigenvalue weighted by Crippen LogP contribution is -2.51. The molecule has 570 valence electrons. The zero-order valence-electron chi connectivity index (χ0n) is 61.3. The number of nitrogens with zero attached hydrogens (tertiary/aromatic N) is 2. The van der Waals surface area contributed by atoms with Gasteiger partial charge in [0, 0.05) is 89.9 Å². The van der Waals surface area contributed by atoms with Crippen LogP contribution < -0.4 is 20.7 Å². The molecule has 8 atom stereocenters. The van der Waals surface area contributed by atoms with Gasteiger partial charge in [-0.1, -0.05) is 107 Å². The molecule has 6 amide bonds. The molecule has 6 rings (SSSR count). The number of carbonyl (C=O) groups excluding carboxylic acids is 12. The Bertz CT molecular complexity index is 3440. The second kappa shape index (κ2) is 42.5. The fourth-order valence-corrected chi connectivity index (χ4v) is 11.6. The van der Waals surface area contributed by atoms with E-state index in [-0.39, 0.29) is 146 Å². The first kappa shape index (κ1) is 84.5. The lowest BCUT2D eigenvalue weighted by molar-refractivity contribution is -0.197. The molecule has 3 aliphatic rings. The van der Waals surface area contributed by atoms with Crippen molar-refractivity contribution in [3.8, 4) is 5.75 Å². The minimum Gasteiger partial charge on any atom is -0.495 e. The standard InChI is InChI=1S/C76H102ClN5O22/c1-47(2)40-63-74(93)101-61(12-11-13-64(85)80-59(42-54-20-24-62(96-10)58(77)41-54)73(92)78-46-76(7,8)75(94)102-63)49(5)70-71(103-70)55-22-18-51(19-23-55)21-27-68(89)100-45-53-16-14-52(15-17-53)43-60(84)50(6)79-72(91)57(48(3)4)44-56(83)28-31-81(32-29-69(90)104-82-66(87)25-26-67(82)88)65(86)30-33-97-36-37-99-39-38-98-35-34-95-9/h11,13-20,22-24,41,47-50,57,59,61,63,70-71H,12,21,25-40,42-46H2,1-10H3,(H,78,92)(H,79,91)(H,80,85)/b13-11+/t49-,50-,57-,59+,61-,63-,70+,71+/m0/s1. The molecule has 27 nitrogen and oxygen atoms in total. The number of hydroxylamine groups is 2. The summed E-state index contributed by atoms with van der Waals surface area (Å²) in [4.78, 5) is 165. The number of ketones is 2. The van der Waals surface area contributed by atoms with E-state index >= 15 is 0 Å². The van der Waals surface area contributed by atoms with Gasteiger partial charge < -0.3 is 68.3 Å². The average molecular weight is 1470 g/mol. The number of methoxy groups -OCH3 is 2. The van der Waals surface area contributed by atoms with Crippen molar-refractivity contribution < 1.29 is 105 Å². The number of halogens is 1. The molecular formula is C76H102ClN5O22. The molecule has 3 N–H and O–H groups in total. The summed E-state index contributed by atoms with van der Waals surface area (Å²) in [6.07, 6.45) is -0.246. The highest BCUT2D eigenvalue weighted by Gasteiger charge is 2.48. The van der Waals surface area contributed by atoms with E-state index in [0.29, 0.717) is 65.4 Å². The van der Waals surface area contributed by atoms with Gasteiger partial charge in [-0.15, -0.1) is 5.06 Å². The second-order valence-electron chi connectivity index (χ2n) is 27.5. The van der Waals surface area contributed by atoms with Gasteiger partial charge in [0.25, 0.3) is 11.8 Å². The molecule has 2 fully saturated rings. The van der Waals surface area contributed by atoms with Crippen molar-refractivity contribution in [3.05, 3.63) is 112 Å². The van der Waals surface area contributed by atoms with E-state index in [1.54, 1.807) is 90.3 Å². The summed E-state index contributed by atoms with van der Waals surface area (Å²) in [6.45, 7) is 15.6. The van der Waals surface area contributed by atoms with E-state index in [0.717, 1.165) is 11.1 Å². The fourth-order valence-electron chi connectivity index (χ4n) is 11.3. The number of aryl methyl sites for hydroxylation is 1. The van der Waals surface area contributed by atoms with Crippen LogP contribution in [0.25, 0.3) is 0 Å². The topological polar surface area (TPSA) is 343 Å². The summed E-state index contributed by atoms with van der Waals surface area (Å²) < 4.78 is 50.4. The number of nitrogens with one attached hydrogen (secondary N) is 3. The van der Waals surface area contributed by atoms with Gasteiger partial charge in [-0.05, 0) is 91.5 Å². The van der Waals surface area contributed by atoms with Crippen molar-refractivity contribution in [2.24, 2.45) is 29.1 Å². The van der Waals surface area contributed by atoms with Gasteiger partial charge >= 0.3 is 23.9 Å². The van der Waals surface area contributed by atoms with Gasteiger partial charge in [-0.25, -0.2) is 9.59 Å². The highest BCUT2D eigenvalue weighted by atomic mass is 35.5. The molecular weight excluding hydrogens is 1370 g/mol. The maximum Gasteiger partial charge on any atom is 0.347 e. The molecule has 3 heterocycles. The normalized spacial score (nSPS) is 19.8. The zero-order valence-corrected chi connectivity index (χ0v) is 62.1. The van der Waals surface area contributed by atoms with Gasteiger partial charge in [0.15, 0.2) is 11.9 Å². The number of esters is 3. The predicted octanol–water partition coefficient (Wildman–Crippen LogP) is 6.95. The Balaban J connectivity index is 0.949. The van der Waals surface area contributed by atoms with Crippen LogP contribution >= 0.6 is 11.6 Å². The Morgan fingerprint density at radius 1 is 0.731 bits per heavy atom. The molecule has 3 aromatic rings. The number of ether oxygens (including phenoxy) is 9. The summed E-state index contributed by atoms with van der Waals surface area (Å²) in [7, 11) is 3.06. The van der Waals surface area contributed by atoms with Crippen molar-refractivity contribution in [2.45, 2.75) is 176 Å². The van der Waals surface area contributed by atoms with E-state index in [9.17, 15) is 57.5 Å². The van der Waals surface area contributed by atoms with E-state index in [2.05, 4.69) is 16.0 Å². The van der Waals surface area contributed by atoms with Crippen molar-refractivity contribution in [1.29, 1.82) is 0 Å². The summed E-state index contributed by atoms with van der Waals surface area (Å²) in [5.41, 5.74) is 2.43. The molecule has 0 saturated carbocycles. The Kier molecular flexibility index (Phi) is 34.5. The molecule has 28 heteroatoms. The van der Waals surface area contributed by atoms with Gasteiger partial charge in [-0.2, -0.15) is 0 Å². The minimum atomic E-state index is -1.29. The summed E-state index contributed by atoms with van der Waals surface area (Å²) >= 11 is 6.40. The van der Waals surface area contributed by atoms with Crippen LogP contribution in [0.2, 0.25) is 5.02 Å². The van der Waals surface area contributed by atoms with Crippen LogP contribution in [0.5, 0.6) is 5.75 Å². The number of Topliss-reactive ketones (excluding diaryl/α,β-unsaturated/α-hetero) is 2. The van der Waals surface area contributed by atoms with Crippen molar-refractivity contribution in [1.82, 2.24) is 25.9 Å². The number of hydrogen-bond acceptors (Lipinski definition) is 22. The molecule has 0 unspecified atom stereocenters. The molecule has 104 heavy (non-hydrogen) atoms. The van der Waals surface area contributed by atoms with Gasteiger partial charge in [0.2, 0.25) is 23.6 Å². The smallest absolute Gasteiger partial charge is 0.347 e. The summed E-state index contributed by atoms with van der Waals surface area (Å²) in [6, 6.07) is 17.6. The van der Waals surface area contributed by atoms with Crippen molar-refractivity contribution in [2.75, 3.05) is 80.1 Å². The Hall–Kier alpha value is -8.47. The number of epoxide rings is 1. The Morgan fingerprint density at radius 3 is 1.99 bits per heavy atom. The second-order valence-corrected chi connectivity index (χ2v) is 28.0. The highest BCUT2D eigenvalue weighted by molar-refractivity contribution is 6.32. The number of hydrogen-bond donors (Lipinski definition) is 3.